The summed E-state index contributed by atoms with van der Waals surface area (Å²) in [7, 11) is 0. The summed E-state index contributed by atoms with van der Waals surface area (Å²) < 4.78 is 13.4. The Bertz CT molecular complexity index is 445. The van der Waals surface area contributed by atoms with Crippen LogP contribution in [0.1, 0.15) is 13.3 Å². The summed E-state index contributed by atoms with van der Waals surface area (Å²) in [6, 6.07) is 6.02. The van der Waals surface area contributed by atoms with Crippen LogP contribution < -0.4 is 5.32 Å². The molecule has 1 heterocycles. The molecule has 0 fully saturated rings. The molecule has 0 radical (unpaired) electrons. The van der Waals surface area contributed by atoms with Crippen molar-refractivity contribution in [1.82, 2.24) is 4.90 Å². The molecule has 1 N–H and O–H groups in total. The van der Waals surface area contributed by atoms with Crippen molar-refractivity contribution < 1.29 is 9.18 Å². The van der Waals surface area contributed by atoms with E-state index in [1.165, 1.54) is 6.07 Å². The van der Waals surface area contributed by atoms with E-state index >= 15 is 0 Å². The number of nitrogens with one attached hydrogen (secondary N) is 1. The zero-order valence-corrected chi connectivity index (χ0v) is 9.69. The maximum Gasteiger partial charge on any atom is 0.322 e. The summed E-state index contributed by atoms with van der Waals surface area (Å²) >= 11 is 0. The highest BCUT2D eigenvalue weighted by Gasteiger charge is 2.23. The van der Waals surface area contributed by atoms with E-state index in [4.69, 9.17) is 0 Å². The summed E-state index contributed by atoms with van der Waals surface area (Å²) in [6.45, 7) is 2.60. The van der Waals surface area contributed by atoms with Gasteiger partial charge in [0.25, 0.3) is 0 Å². The van der Waals surface area contributed by atoms with Gasteiger partial charge in [0.2, 0.25) is 0 Å². The lowest BCUT2D eigenvalue weighted by Crippen LogP contribution is -2.39. The molecule has 1 aliphatic rings. The molecule has 0 aliphatic carbocycles. The summed E-state index contributed by atoms with van der Waals surface area (Å²) in [4.78, 5) is 13.6. The second kappa shape index (κ2) is 4.99. The molecule has 1 aromatic carbocycles. The molecule has 1 aliphatic heterocycles. The van der Waals surface area contributed by atoms with Gasteiger partial charge in [-0.25, -0.2) is 9.18 Å². The minimum Gasteiger partial charge on any atom is -0.314 e. The van der Waals surface area contributed by atoms with Crippen LogP contribution in [0.3, 0.4) is 0 Å². The van der Waals surface area contributed by atoms with Crippen molar-refractivity contribution >= 4 is 11.7 Å². The number of halogens is 1. The normalized spacial score (nSPS) is 18.5. The van der Waals surface area contributed by atoms with Crippen molar-refractivity contribution in [2.75, 3.05) is 11.9 Å². The minimum absolute atomic E-state index is 0.113. The minimum atomic E-state index is -0.416. The van der Waals surface area contributed by atoms with Crippen LogP contribution in [0.2, 0.25) is 0 Å². The third-order valence-electron chi connectivity index (χ3n) is 2.86. The molecule has 0 bridgehead atoms. The predicted octanol–water partition coefficient (Wildman–Crippen LogP) is 3.01. The third-order valence-corrected chi connectivity index (χ3v) is 2.86. The molecule has 1 unspecified atom stereocenters. The van der Waals surface area contributed by atoms with E-state index in [9.17, 15) is 9.18 Å². The highest BCUT2D eigenvalue weighted by molar-refractivity contribution is 5.90. The van der Waals surface area contributed by atoms with Crippen LogP contribution in [0, 0.1) is 5.82 Å². The summed E-state index contributed by atoms with van der Waals surface area (Å²) in [5, 5.41) is 2.59. The number of anilines is 1. The number of carbonyl (C=O) groups is 1. The first-order chi connectivity index (χ1) is 8.22. The van der Waals surface area contributed by atoms with Crippen molar-refractivity contribution in [3.8, 4) is 0 Å². The van der Waals surface area contributed by atoms with Gasteiger partial charge >= 0.3 is 6.03 Å². The van der Waals surface area contributed by atoms with Gasteiger partial charge in [-0.3, -0.25) is 0 Å². The van der Waals surface area contributed by atoms with Gasteiger partial charge < -0.3 is 10.2 Å². The number of para-hydroxylation sites is 1. The molecule has 3 nitrogen and oxygen atoms in total. The fourth-order valence-electron chi connectivity index (χ4n) is 1.91. The van der Waals surface area contributed by atoms with E-state index in [1.54, 1.807) is 23.1 Å². The molecule has 1 aromatic rings. The van der Waals surface area contributed by atoms with E-state index in [1.807, 2.05) is 19.1 Å². The first-order valence-electron chi connectivity index (χ1n) is 5.71. The zero-order valence-electron chi connectivity index (χ0n) is 9.69. The van der Waals surface area contributed by atoms with Crippen LogP contribution in [-0.4, -0.2) is 23.5 Å². The van der Waals surface area contributed by atoms with Gasteiger partial charge in [0.15, 0.2) is 0 Å². The number of nitrogens with zero attached hydrogens (tertiary/aromatic N) is 1. The van der Waals surface area contributed by atoms with E-state index in [-0.39, 0.29) is 17.8 Å². The van der Waals surface area contributed by atoms with Crippen molar-refractivity contribution in [1.29, 1.82) is 0 Å². The van der Waals surface area contributed by atoms with Crippen molar-refractivity contribution in [2.24, 2.45) is 0 Å². The van der Waals surface area contributed by atoms with Crippen molar-refractivity contribution in [2.45, 2.75) is 19.4 Å². The number of hydrogen-bond acceptors (Lipinski definition) is 1. The van der Waals surface area contributed by atoms with Crippen LogP contribution >= 0.6 is 0 Å². The average Bonchev–Trinajstić information content (AvgIpc) is 2.80. The van der Waals surface area contributed by atoms with E-state index in [0.717, 1.165) is 6.42 Å². The fourth-order valence-corrected chi connectivity index (χ4v) is 1.91. The van der Waals surface area contributed by atoms with E-state index in [2.05, 4.69) is 5.32 Å². The fraction of sp³-hybridized carbons (Fsp3) is 0.308. The maximum atomic E-state index is 13.4. The Kier molecular flexibility index (Phi) is 3.42. The largest absolute Gasteiger partial charge is 0.322 e. The summed E-state index contributed by atoms with van der Waals surface area (Å²) in [5.74, 6) is -0.416. The van der Waals surface area contributed by atoms with Gasteiger partial charge in [0.05, 0.1) is 11.7 Å². The monoisotopic (exact) mass is 234 g/mol. The molecule has 90 valence electrons. The lowest BCUT2D eigenvalue weighted by molar-refractivity contribution is 0.209. The maximum absolute atomic E-state index is 13.4. The van der Waals surface area contributed by atoms with Crippen LogP contribution in [0.25, 0.3) is 0 Å². The van der Waals surface area contributed by atoms with Crippen LogP contribution in [0.15, 0.2) is 36.4 Å². The van der Waals surface area contributed by atoms with Gasteiger partial charge in [0, 0.05) is 6.54 Å². The van der Waals surface area contributed by atoms with Gasteiger partial charge in [-0.2, -0.15) is 0 Å². The Labute approximate surface area is 99.9 Å². The Morgan fingerprint density at radius 3 is 3.00 bits per heavy atom. The van der Waals surface area contributed by atoms with Crippen molar-refractivity contribution in [3.63, 3.8) is 0 Å². The molecular formula is C13H15FN2O. The van der Waals surface area contributed by atoms with Crippen LogP contribution in [-0.2, 0) is 0 Å². The molecule has 2 rings (SSSR count). The standard InChI is InChI=1S/C13H15FN2O/c1-2-10-6-5-9-16(10)13(17)15-12-8-4-3-7-11(12)14/h3-8,10H,2,9H2,1H3,(H,15,17). The zero-order chi connectivity index (χ0) is 12.3. The first-order valence-corrected chi connectivity index (χ1v) is 5.71. The summed E-state index contributed by atoms with van der Waals surface area (Å²) in [5.41, 5.74) is 0.222. The Hall–Kier alpha value is -1.84. The highest BCUT2D eigenvalue weighted by atomic mass is 19.1. The van der Waals surface area contributed by atoms with E-state index in [0.29, 0.717) is 6.54 Å². The number of hydrogen-bond donors (Lipinski definition) is 1. The Balaban J connectivity index is 2.05. The molecular weight excluding hydrogens is 219 g/mol. The third kappa shape index (κ3) is 2.46. The molecule has 0 saturated heterocycles. The lowest BCUT2D eigenvalue weighted by Gasteiger charge is -2.23. The first kappa shape index (κ1) is 11.6. The topological polar surface area (TPSA) is 32.3 Å². The van der Waals surface area contributed by atoms with Gasteiger partial charge in [-0.05, 0) is 18.6 Å². The summed E-state index contributed by atoms with van der Waals surface area (Å²) in [6.07, 6.45) is 4.82. The Morgan fingerprint density at radius 2 is 2.29 bits per heavy atom. The second-order valence-corrected chi connectivity index (χ2v) is 3.97. The number of amides is 2. The van der Waals surface area contributed by atoms with Gasteiger partial charge in [-0.15, -0.1) is 0 Å². The lowest BCUT2D eigenvalue weighted by atomic mass is 10.2. The highest BCUT2D eigenvalue weighted by Crippen LogP contribution is 2.17. The SMILES string of the molecule is CCC1C=CCN1C(=O)Nc1ccccc1F. The predicted molar refractivity (Wildman–Crippen MR) is 65.3 cm³/mol. The molecule has 0 aromatic heterocycles. The van der Waals surface area contributed by atoms with Crippen molar-refractivity contribution in [3.05, 3.63) is 42.2 Å². The molecule has 17 heavy (non-hydrogen) atoms. The average molecular weight is 234 g/mol. The number of carbonyl (C=O) groups excluding carboxylic acids is 1. The number of urea groups is 1. The van der Waals surface area contributed by atoms with Crippen LogP contribution in [0.5, 0.6) is 0 Å². The quantitative estimate of drug-likeness (QED) is 0.784. The van der Waals surface area contributed by atoms with E-state index < -0.39 is 5.82 Å². The second-order valence-electron chi connectivity index (χ2n) is 3.97. The molecule has 4 heteroatoms. The van der Waals surface area contributed by atoms with Gasteiger partial charge in [-0.1, -0.05) is 31.2 Å². The number of benzene rings is 1. The van der Waals surface area contributed by atoms with Crippen LogP contribution in [0.4, 0.5) is 14.9 Å². The molecule has 2 amide bonds. The smallest absolute Gasteiger partial charge is 0.314 e. The number of rotatable bonds is 2. The Morgan fingerprint density at radius 1 is 1.53 bits per heavy atom. The molecule has 0 saturated carbocycles. The molecule has 1 atom stereocenters. The van der Waals surface area contributed by atoms with Gasteiger partial charge in [0.1, 0.15) is 5.82 Å². The molecule has 0 spiro atoms.